The van der Waals surface area contributed by atoms with Crippen molar-refractivity contribution < 1.29 is 13.9 Å². The summed E-state index contributed by atoms with van der Waals surface area (Å²) in [5.41, 5.74) is 0. The van der Waals surface area contributed by atoms with Crippen LogP contribution in [0.25, 0.3) is 0 Å². The van der Waals surface area contributed by atoms with Gasteiger partial charge < -0.3 is 9.15 Å². The van der Waals surface area contributed by atoms with E-state index in [2.05, 4.69) is 11.7 Å². The lowest BCUT2D eigenvalue weighted by Gasteiger charge is -1.90. The molecule has 0 fully saturated rings. The van der Waals surface area contributed by atoms with Gasteiger partial charge in [-0.05, 0) is 12.1 Å². The van der Waals surface area contributed by atoms with Crippen LogP contribution in [-0.4, -0.2) is 13.1 Å². The van der Waals surface area contributed by atoms with Gasteiger partial charge in [0, 0.05) is 6.92 Å². The van der Waals surface area contributed by atoms with Gasteiger partial charge in [-0.2, -0.15) is 0 Å². The molecule has 0 amide bonds. The SMILES string of the molecule is [CH2]c1ccc(C(=O)OC)o1. The number of hydrogen-bond donors (Lipinski definition) is 0. The van der Waals surface area contributed by atoms with Crippen molar-refractivity contribution in [3.63, 3.8) is 0 Å². The summed E-state index contributed by atoms with van der Waals surface area (Å²) >= 11 is 0. The molecule has 0 bridgehead atoms. The van der Waals surface area contributed by atoms with Crippen molar-refractivity contribution in [1.82, 2.24) is 0 Å². The van der Waals surface area contributed by atoms with E-state index in [0.717, 1.165) is 0 Å². The molecule has 0 aliphatic carbocycles. The molecule has 3 nitrogen and oxygen atoms in total. The maximum atomic E-state index is 10.7. The summed E-state index contributed by atoms with van der Waals surface area (Å²) in [4.78, 5) is 10.7. The molecule has 0 unspecified atom stereocenters. The van der Waals surface area contributed by atoms with Crippen LogP contribution in [0.3, 0.4) is 0 Å². The van der Waals surface area contributed by atoms with Crippen molar-refractivity contribution in [1.29, 1.82) is 0 Å². The third-order valence-corrected chi connectivity index (χ3v) is 1.05. The lowest BCUT2D eigenvalue weighted by Crippen LogP contribution is -1.97. The highest BCUT2D eigenvalue weighted by Gasteiger charge is 2.07. The summed E-state index contributed by atoms with van der Waals surface area (Å²) in [6.07, 6.45) is 0. The molecule has 1 rings (SSSR count). The van der Waals surface area contributed by atoms with Gasteiger partial charge in [0.2, 0.25) is 5.76 Å². The second-order valence-electron chi connectivity index (χ2n) is 1.76. The molecule has 0 atom stereocenters. The van der Waals surface area contributed by atoms with E-state index in [1.807, 2.05) is 0 Å². The molecule has 3 heteroatoms. The van der Waals surface area contributed by atoms with E-state index >= 15 is 0 Å². The Balaban J connectivity index is 2.85. The lowest BCUT2D eigenvalue weighted by atomic mass is 10.4. The van der Waals surface area contributed by atoms with Gasteiger partial charge in [0.25, 0.3) is 0 Å². The Morgan fingerprint density at radius 3 is 2.80 bits per heavy atom. The molecule has 10 heavy (non-hydrogen) atoms. The number of esters is 1. The largest absolute Gasteiger partial charge is 0.463 e. The van der Waals surface area contributed by atoms with Gasteiger partial charge in [0.15, 0.2) is 0 Å². The highest BCUT2D eigenvalue weighted by molar-refractivity contribution is 5.86. The fourth-order valence-corrected chi connectivity index (χ4v) is 0.588. The van der Waals surface area contributed by atoms with Crippen molar-refractivity contribution in [2.75, 3.05) is 7.11 Å². The van der Waals surface area contributed by atoms with Crippen molar-refractivity contribution in [2.45, 2.75) is 0 Å². The third-order valence-electron chi connectivity index (χ3n) is 1.05. The van der Waals surface area contributed by atoms with E-state index in [0.29, 0.717) is 5.76 Å². The fraction of sp³-hybridized carbons (Fsp3) is 0.143. The Bertz CT molecular complexity index is 237. The lowest BCUT2D eigenvalue weighted by molar-refractivity contribution is 0.0564. The number of ether oxygens (including phenoxy) is 1. The van der Waals surface area contributed by atoms with Gasteiger partial charge in [0.05, 0.1) is 7.11 Å². The number of rotatable bonds is 1. The van der Waals surface area contributed by atoms with Crippen LogP contribution in [0.2, 0.25) is 0 Å². The predicted molar refractivity (Wildman–Crippen MR) is 34.5 cm³/mol. The van der Waals surface area contributed by atoms with Crippen LogP contribution < -0.4 is 0 Å². The van der Waals surface area contributed by atoms with Gasteiger partial charge in [-0.1, -0.05) is 0 Å². The van der Waals surface area contributed by atoms with Crippen molar-refractivity contribution in [3.8, 4) is 0 Å². The maximum absolute atomic E-state index is 10.7. The van der Waals surface area contributed by atoms with Crippen LogP contribution in [0.4, 0.5) is 0 Å². The van der Waals surface area contributed by atoms with Crippen molar-refractivity contribution in [2.24, 2.45) is 0 Å². The Morgan fingerprint density at radius 1 is 1.70 bits per heavy atom. The van der Waals surface area contributed by atoms with Crippen molar-refractivity contribution >= 4 is 5.97 Å². The quantitative estimate of drug-likeness (QED) is 0.549. The van der Waals surface area contributed by atoms with Gasteiger partial charge in [0.1, 0.15) is 5.76 Å². The summed E-state index contributed by atoms with van der Waals surface area (Å²) in [5.74, 6) is 0.169. The van der Waals surface area contributed by atoms with Crippen LogP contribution in [0.1, 0.15) is 16.3 Å². The molecule has 0 aromatic carbocycles. The topological polar surface area (TPSA) is 39.4 Å². The molecule has 0 spiro atoms. The second kappa shape index (κ2) is 2.56. The van der Waals surface area contributed by atoms with Crippen LogP contribution >= 0.6 is 0 Å². The van der Waals surface area contributed by atoms with Crippen LogP contribution in [0.5, 0.6) is 0 Å². The molecule has 1 aromatic rings. The average molecular weight is 139 g/mol. The first-order valence-corrected chi connectivity index (χ1v) is 2.74. The van der Waals surface area contributed by atoms with Gasteiger partial charge >= 0.3 is 5.97 Å². The monoisotopic (exact) mass is 139 g/mol. The second-order valence-corrected chi connectivity index (χ2v) is 1.76. The first-order valence-electron chi connectivity index (χ1n) is 2.74. The van der Waals surface area contributed by atoms with Crippen molar-refractivity contribution in [3.05, 3.63) is 30.6 Å². The molecule has 1 heterocycles. The number of methoxy groups -OCH3 is 1. The number of furan rings is 1. The third kappa shape index (κ3) is 1.18. The summed E-state index contributed by atoms with van der Waals surface area (Å²) in [5, 5.41) is 0. The standard InChI is InChI=1S/C7H7O3/c1-5-3-4-6(10-5)7(8)9-2/h3-4H,1H2,2H3. The first kappa shape index (κ1) is 6.86. The van der Waals surface area contributed by atoms with Crippen LogP contribution in [0.15, 0.2) is 16.5 Å². The maximum Gasteiger partial charge on any atom is 0.373 e. The zero-order chi connectivity index (χ0) is 7.56. The Hall–Kier alpha value is -1.25. The minimum Gasteiger partial charge on any atom is -0.463 e. The first-order chi connectivity index (χ1) is 4.74. The minimum atomic E-state index is -0.477. The van der Waals surface area contributed by atoms with E-state index in [-0.39, 0.29) is 5.76 Å². The van der Waals surface area contributed by atoms with Gasteiger partial charge in [-0.3, -0.25) is 0 Å². The molecular weight excluding hydrogens is 132 g/mol. The Labute approximate surface area is 58.6 Å². The Morgan fingerprint density at radius 2 is 2.40 bits per heavy atom. The van der Waals surface area contributed by atoms with E-state index < -0.39 is 5.97 Å². The number of hydrogen-bond acceptors (Lipinski definition) is 3. The minimum absolute atomic E-state index is 0.188. The van der Waals surface area contributed by atoms with Crippen LogP contribution in [-0.2, 0) is 4.74 Å². The van der Waals surface area contributed by atoms with E-state index in [1.165, 1.54) is 13.2 Å². The Kier molecular flexibility index (Phi) is 1.76. The molecular formula is C7H7O3. The summed E-state index contributed by atoms with van der Waals surface area (Å²) in [7, 11) is 1.30. The molecule has 0 saturated carbocycles. The summed E-state index contributed by atoms with van der Waals surface area (Å²) in [6, 6.07) is 3.13. The molecule has 1 aromatic heterocycles. The number of carbonyl (C=O) groups excluding carboxylic acids is 1. The van der Waals surface area contributed by atoms with E-state index in [1.54, 1.807) is 6.07 Å². The zero-order valence-electron chi connectivity index (χ0n) is 5.59. The molecule has 53 valence electrons. The average Bonchev–Trinajstić information content (AvgIpc) is 2.34. The smallest absolute Gasteiger partial charge is 0.373 e. The zero-order valence-corrected chi connectivity index (χ0v) is 5.59. The van der Waals surface area contributed by atoms with Crippen LogP contribution in [0, 0.1) is 6.92 Å². The molecule has 0 aliphatic heterocycles. The normalized spacial score (nSPS) is 9.40. The summed E-state index contributed by atoms with van der Waals surface area (Å²) < 4.78 is 9.24. The summed E-state index contributed by atoms with van der Waals surface area (Å²) in [6.45, 7) is 3.48. The fourth-order valence-electron chi connectivity index (χ4n) is 0.588. The highest BCUT2D eigenvalue weighted by atomic mass is 16.5. The molecule has 0 saturated heterocycles. The van der Waals surface area contributed by atoms with E-state index in [4.69, 9.17) is 4.42 Å². The molecule has 0 aliphatic rings. The van der Waals surface area contributed by atoms with E-state index in [9.17, 15) is 4.79 Å². The van der Waals surface area contributed by atoms with Gasteiger partial charge in [-0.15, -0.1) is 0 Å². The number of carbonyl (C=O) groups is 1. The van der Waals surface area contributed by atoms with Gasteiger partial charge in [-0.25, -0.2) is 4.79 Å². The molecule has 1 radical (unpaired) electrons. The molecule has 0 N–H and O–H groups in total. The predicted octanol–water partition coefficient (Wildman–Crippen LogP) is 1.25. The highest BCUT2D eigenvalue weighted by Crippen LogP contribution is 2.06.